The Bertz CT molecular complexity index is 918. The lowest BCUT2D eigenvalue weighted by molar-refractivity contribution is 0.0725. The number of benzene rings is 1. The van der Waals surface area contributed by atoms with Gasteiger partial charge in [-0.1, -0.05) is 6.07 Å². The number of carbonyl (C=O) groups excluding carboxylic acids is 1. The van der Waals surface area contributed by atoms with Gasteiger partial charge < -0.3 is 14.2 Å². The zero-order chi connectivity index (χ0) is 18.2. The molecule has 1 aromatic heterocycles. The molecule has 0 aliphatic carbocycles. The van der Waals surface area contributed by atoms with Crippen molar-refractivity contribution in [1.82, 2.24) is 14.2 Å². The second-order valence-electron chi connectivity index (χ2n) is 5.99. The molecule has 1 amide bonds. The highest BCUT2D eigenvalue weighted by Gasteiger charge is 2.26. The highest BCUT2D eigenvalue weighted by atomic mass is 32.2. The first-order chi connectivity index (χ1) is 11.9. The van der Waals surface area contributed by atoms with Crippen molar-refractivity contribution in [1.29, 1.82) is 0 Å². The second kappa shape index (κ2) is 6.53. The standard InChI is InChI=1S/C17H21N3O4S/c1-18-25(22,23)15-9-16(19(2)11-15)17(21)20-7-6-12-4-5-14(24-3)8-13(12)10-20/h4-5,8-9,11,18H,6-7,10H2,1-3H3. The van der Waals surface area contributed by atoms with Crippen molar-refractivity contribution in [2.24, 2.45) is 7.05 Å². The molecule has 1 aliphatic heterocycles. The van der Waals surface area contributed by atoms with Crippen LogP contribution in [0, 0.1) is 0 Å². The highest BCUT2D eigenvalue weighted by Crippen LogP contribution is 2.25. The van der Waals surface area contributed by atoms with Crippen LogP contribution in [-0.4, -0.2) is 44.5 Å². The summed E-state index contributed by atoms with van der Waals surface area (Å²) in [7, 11) is 1.05. The number of aromatic nitrogens is 1. The summed E-state index contributed by atoms with van der Waals surface area (Å²) in [6.07, 6.45) is 2.21. The van der Waals surface area contributed by atoms with E-state index in [0.717, 1.165) is 17.7 Å². The summed E-state index contributed by atoms with van der Waals surface area (Å²) in [5.74, 6) is 0.572. The van der Waals surface area contributed by atoms with Crippen LogP contribution in [0.25, 0.3) is 0 Å². The molecule has 0 atom stereocenters. The lowest BCUT2D eigenvalue weighted by Crippen LogP contribution is -2.36. The van der Waals surface area contributed by atoms with Crippen LogP contribution >= 0.6 is 0 Å². The second-order valence-corrected chi connectivity index (χ2v) is 7.88. The van der Waals surface area contributed by atoms with Crippen LogP contribution in [0.3, 0.4) is 0 Å². The number of sulfonamides is 1. The van der Waals surface area contributed by atoms with E-state index in [1.807, 2.05) is 18.2 Å². The Morgan fingerprint density at radius 2 is 2.00 bits per heavy atom. The minimum Gasteiger partial charge on any atom is -0.497 e. The summed E-state index contributed by atoms with van der Waals surface area (Å²) in [6, 6.07) is 7.30. The Labute approximate surface area is 147 Å². The first kappa shape index (κ1) is 17.5. The number of methoxy groups -OCH3 is 1. The number of hydrogen-bond acceptors (Lipinski definition) is 4. The predicted octanol–water partition coefficient (Wildman–Crippen LogP) is 1.14. The number of fused-ring (bicyclic) bond motifs is 1. The van der Waals surface area contributed by atoms with Gasteiger partial charge in [-0.25, -0.2) is 13.1 Å². The normalized spacial score (nSPS) is 14.3. The number of rotatable bonds is 4. The van der Waals surface area contributed by atoms with Gasteiger partial charge in [0.1, 0.15) is 16.3 Å². The number of amides is 1. The molecular weight excluding hydrogens is 342 g/mol. The fourth-order valence-electron chi connectivity index (χ4n) is 3.01. The van der Waals surface area contributed by atoms with E-state index in [9.17, 15) is 13.2 Å². The smallest absolute Gasteiger partial charge is 0.270 e. The minimum atomic E-state index is -3.58. The quantitative estimate of drug-likeness (QED) is 0.883. The molecule has 0 bridgehead atoms. The molecule has 2 aromatic rings. The maximum atomic E-state index is 12.9. The summed E-state index contributed by atoms with van der Waals surface area (Å²) in [5, 5.41) is 0. The lowest BCUT2D eigenvalue weighted by Gasteiger charge is -2.29. The molecular formula is C17H21N3O4S. The van der Waals surface area contributed by atoms with Gasteiger partial charge in [0.05, 0.1) is 7.11 Å². The number of ether oxygens (including phenoxy) is 1. The van der Waals surface area contributed by atoms with E-state index in [2.05, 4.69) is 4.72 Å². The predicted molar refractivity (Wildman–Crippen MR) is 93.1 cm³/mol. The van der Waals surface area contributed by atoms with E-state index in [4.69, 9.17) is 4.74 Å². The highest BCUT2D eigenvalue weighted by molar-refractivity contribution is 7.89. The summed E-state index contributed by atoms with van der Waals surface area (Å²) < 4.78 is 32.9. The average Bonchev–Trinajstić information content (AvgIpc) is 3.02. The maximum absolute atomic E-state index is 12.9. The van der Waals surface area contributed by atoms with E-state index in [-0.39, 0.29) is 10.8 Å². The first-order valence-electron chi connectivity index (χ1n) is 7.90. The molecule has 7 nitrogen and oxygen atoms in total. The van der Waals surface area contributed by atoms with Crippen molar-refractivity contribution >= 4 is 15.9 Å². The Hall–Kier alpha value is -2.32. The molecule has 0 unspecified atom stereocenters. The van der Waals surface area contributed by atoms with Crippen LogP contribution < -0.4 is 9.46 Å². The number of carbonyl (C=O) groups is 1. The Morgan fingerprint density at radius 1 is 1.24 bits per heavy atom. The van der Waals surface area contributed by atoms with Crippen LogP contribution in [0.4, 0.5) is 0 Å². The van der Waals surface area contributed by atoms with Gasteiger partial charge >= 0.3 is 0 Å². The minimum absolute atomic E-state index is 0.0833. The van der Waals surface area contributed by atoms with Crippen LogP contribution in [0.1, 0.15) is 21.6 Å². The molecule has 2 heterocycles. The third kappa shape index (κ3) is 3.27. The van der Waals surface area contributed by atoms with Gasteiger partial charge in [-0.2, -0.15) is 0 Å². The van der Waals surface area contributed by atoms with Gasteiger partial charge in [0.15, 0.2) is 0 Å². The van der Waals surface area contributed by atoms with E-state index < -0.39 is 10.0 Å². The van der Waals surface area contributed by atoms with Crippen molar-refractivity contribution in [3.8, 4) is 5.75 Å². The van der Waals surface area contributed by atoms with E-state index in [0.29, 0.717) is 18.8 Å². The monoisotopic (exact) mass is 363 g/mol. The van der Waals surface area contributed by atoms with Crippen molar-refractivity contribution in [2.75, 3.05) is 20.7 Å². The molecule has 8 heteroatoms. The summed E-state index contributed by atoms with van der Waals surface area (Å²) in [5.41, 5.74) is 2.60. The van der Waals surface area contributed by atoms with Crippen LogP contribution in [0.5, 0.6) is 5.75 Å². The van der Waals surface area contributed by atoms with E-state index >= 15 is 0 Å². The van der Waals surface area contributed by atoms with Crippen molar-refractivity contribution in [2.45, 2.75) is 17.9 Å². The van der Waals surface area contributed by atoms with E-state index in [1.54, 1.807) is 23.6 Å². The SMILES string of the molecule is CNS(=O)(=O)c1cc(C(=O)N2CCc3ccc(OC)cc3C2)n(C)c1. The fraction of sp³-hybridized carbons (Fsp3) is 0.353. The zero-order valence-electron chi connectivity index (χ0n) is 14.4. The van der Waals surface area contributed by atoms with Gasteiger partial charge in [0.2, 0.25) is 10.0 Å². The topological polar surface area (TPSA) is 80.6 Å². The number of aryl methyl sites for hydroxylation is 1. The summed E-state index contributed by atoms with van der Waals surface area (Å²) >= 11 is 0. The number of nitrogens with zero attached hydrogens (tertiary/aromatic N) is 2. The van der Waals surface area contributed by atoms with Gasteiger partial charge in [0, 0.05) is 26.3 Å². The molecule has 0 radical (unpaired) electrons. The Morgan fingerprint density at radius 3 is 2.68 bits per heavy atom. The number of nitrogens with one attached hydrogen (secondary N) is 1. The zero-order valence-corrected chi connectivity index (χ0v) is 15.3. The van der Waals surface area contributed by atoms with Gasteiger partial charge in [-0.15, -0.1) is 0 Å². The fourth-order valence-corrected chi connectivity index (χ4v) is 3.81. The third-order valence-electron chi connectivity index (χ3n) is 4.49. The summed E-state index contributed by atoms with van der Waals surface area (Å²) in [4.78, 5) is 14.7. The molecule has 3 rings (SSSR count). The largest absolute Gasteiger partial charge is 0.497 e. The molecule has 0 saturated heterocycles. The Kier molecular flexibility index (Phi) is 4.57. The average molecular weight is 363 g/mol. The molecule has 0 saturated carbocycles. The van der Waals surface area contributed by atoms with E-state index in [1.165, 1.54) is 24.9 Å². The van der Waals surface area contributed by atoms with Crippen molar-refractivity contribution in [3.05, 3.63) is 47.3 Å². The van der Waals surface area contributed by atoms with Gasteiger partial charge in [-0.05, 0) is 42.8 Å². The Balaban J connectivity index is 1.87. The molecule has 25 heavy (non-hydrogen) atoms. The molecule has 134 valence electrons. The molecule has 1 N–H and O–H groups in total. The maximum Gasteiger partial charge on any atom is 0.270 e. The molecule has 1 aliphatic rings. The van der Waals surface area contributed by atoms with Gasteiger partial charge in [0.25, 0.3) is 5.91 Å². The van der Waals surface area contributed by atoms with Crippen molar-refractivity contribution < 1.29 is 17.9 Å². The lowest BCUT2D eigenvalue weighted by atomic mass is 9.99. The number of hydrogen-bond donors (Lipinski definition) is 1. The molecule has 1 aromatic carbocycles. The van der Waals surface area contributed by atoms with Crippen molar-refractivity contribution in [3.63, 3.8) is 0 Å². The van der Waals surface area contributed by atoms with Crippen LogP contribution in [0.2, 0.25) is 0 Å². The first-order valence-corrected chi connectivity index (χ1v) is 9.39. The molecule has 0 spiro atoms. The van der Waals surface area contributed by atoms with Crippen LogP contribution in [0.15, 0.2) is 35.4 Å². The summed E-state index contributed by atoms with van der Waals surface area (Å²) in [6.45, 7) is 1.07. The van der Waals surface area contributed by atoms with Gasteiger partial charge in [-0.3, -0.25) is 4.79 Å². The van der Waals surface area contributed by atoms with Crippen LogP contribution in [-0.2, 0) is 30.0 Å². The molecule has 0 fully saturated rings. The third-order valence-corrected chi connectivity index (χ3v) is 5.87.